The highest BCUT2D eigenvalue weighted by Crippen LogP contribution is 2.30. The van der Waals surface area contributed by atoms with Crippen molar-refractivity contribution in [2.45, 2.75) is 53.1 Å². The van der Waals surface area contributed by atoms with Crippen molar-refractivity contribution in [2.75, 3.05) is 11.4 Å². The van der Waals surface area contributed by atoms with E-state index in [9.17, 15) is 0 Å². The van der Waals surface area contributed by atoms with Crippen molar-refractivity contribution in [3.8, 4) is 0 Å². The van der Waals surface area contributed by atoms with Gasteiger partial charge in [0.15, 0.2) is 0 Å². The third-order valence-electron chi connectivity index (χ3n) is 3.50. The van der Waals surface area contributed by atoms with Crippen LogP contribution in [0.15, 0.2) is 18.2 Å². The van der Waals surface area contributed by atoms with E-state index >= 15 is 0 Å². The molecule has 0 aromatic heterocycles. The average Bonchev–Trinajstić information content (AvgIpc) is 2.38. The van der Waals surface area contributed by atoms with Gasteiger partial charge in [0.25, 0.3) is 0 Å². The van der Waals surface area contributed by atoms with Crippen molar-refractivity contribution in [3.63, 3.8) is 0 Å². The zero-order valence-corrected chi connectivity index (χ0v) is 13.4. The van der Waals surface area contributed by atoms with E-state index in [1.54, 1.807) is 0 Å². The number of anilines is 1. The number of halogens is 1. The molecule has 0 atom stereocenters. The summed E-state index contributed by atoms with van der Waals surface area (Å²) in [5.74, 6) is 0.617. The van der Waals surface area contributed by atoms with E-state index in [1.165, 1.54) is 0 Å². The van der Waals surface area contributed by atoms with E-state index in [-0.39, 0.29) is 0 Å². The van der Waals surface area contributed by atoms with Crippen molar-refractivity contribution in [3.05, 3.63) is 28.8 Å². The predicted octanol–water partition coefficient (Wildman–Crippen LogP) is 4.45. The standard InChI is InChI=1S/C16H27ClN2/c1-5-14(6-2)19(11-12(3)4)16-8-7-13(10-18)9-15(16)17/h7-9,12,14H,5-6,10-11,18H2,1-4H3. The van der Waals surface area contributed by atoms with Gasteiger partial charge in [-0.25, -0.2) is 0 Å². The fraction of sp³-hybridized carbons (Fsp3) is 0.625. The number of hydrogen-bond acceptors (Lipinski definition) is 2. The molecule has 0 aliphatic carbocycles. The minimum absolute atomic E-state index is 0.537. The van der Waals surface area contributed by atoms with Crippen molar-refractivity contribution in [1.29, 1.82) is 0 Å². The third-order valence-corrected chi connectivity index (χ3v) is 3.81. The Kier molecular flexibility index (Phi) is 6.67. The van der Waals surface area contributed by atoms with E-state index < -0.39 is 0 Å². The van der Waals surface area contributed by atoms with Crippen LogP contribution in [-0.2, 0) is 6.54 Å². The Hall–Kier alpha value is -0.730. The van der Waals surface area contributed by atoms with Crippen LogP contribution in [0, 0.1) is 5.92 Å². The Morgan fingerprint density at radius 1 is 1.21 bits per heavy atom. The smallest absolute Gasteiger partial charge is 0.0642 e. The molecule has 0 unspecified atom stereocenters. The summed E-state index contributed by atoms with van der Waals surface area (Å²) in [7, 11) is 0. The highest BCUT2D eigenvalue weighted by molar-refractivity contribution is 6.33. The second-order valence-electron chi connectivity index (χ2n) is 5.51. The molecule has 1 rings (SSSR count). The number of nitrogens with two attached hydrogens (primary N) is 1. The Morgan fingerprint density at radius 2 is 1.84 bits per heavy atom. The molecule has 2 N–H and O–H groups in total. The molecule has 0 fully saturated rings. The van der Waals surface area contributed by atoms with Gasteiger partial charge in [-0.3, -0.25) is 0 Å². The minimum Gasteiger partial charge on any atom is -0.367 e. The molecule has 0 bridgehead atoms. The fourth-order valence-corrected chi connectivity index (χ4v) is 2.79. The molecule has 0 spiro atoms. The SMILES string of the molecule is CCC(CC)N(CC(C)C)c1ccc(CN)cc1Cl. The minimum atomic E-state index is 0.537. The predicted molar refractivity (Wildman–Crippen MR) is 85.9 cm³/mol. The zero-order valence-electron chi connectivity index (χ0n) is 12.6. The summed E-state index contributed by atoms with van der Waals surface area (Å²) in [6.07, 6.45) is 2.27. The van der Waals surface area contributed by atoms with Gasteiger partial charge in [-0.05, 0) is 36.5 Å². The summed E-state index contributed by atoms with van der Waals surface area (Å²) in [6.45, 7) is 10.5. The van der Waals surface area contributed by atoms with E-state index in [4.69, 9.17) is 17.3 Å². The Morgan fingerprint density at radius 3 is 2.26 bits per heavy atom. The van der Waals surface area contributed by atoms with E-state index in [0.29, 0.717) is 18.5 Å². The molecule has 3 heteroatoms. The normalized spacial score (nSPS) is 11.4. The molecule has 0 saturated carbocycles. The summed E-state index contributed by atoms with van der Waals surface area (Å²) < 4.78 is 0. The number of rotatable bonds is 7. The first-order valence-corrected chi connectivity index (χ1v) is 7.66. The first-order valence-electron chi connectivity index (χ1n) is 7.28. The van der Waals surface area contributed by atoms with Crippen LogP contribution in [-0.4, -0.2) is 12.6 Å². The van der Waals surface area contributed by atoms with Crippen LogP contribution in [0.1, 0.15) is 46.1 Å². The summed E-state index contributed by atoms with van der Waals surface area (Å²) in [6, 6.07) is 6.73. The van der Waals surface area contributed by atoms with Crippen molar-refractivity contribution in [2.24, 2.45) is 11.7 Å². The first kappa shape index (κ1) is 16.3. The summed E-state index contributed by atoms with van der Waals surface area (Å²) in [5.41, 5.74) is 7.89. The van der Waals surface area contributed by atoms with Gasteiger partial charge in [-0.2, -0.15) is 0 Å². The molecule has 0 saturated heterocycles. The lowest BCUT2D eigenvalue weighted by Crippen LogP contribution is -2.37. The second kappa shape index (κ2) is 7.76. The third kappa shape index (κ3) is 4.39. The van der Waals surface area contributed by atoms with Gasteiger partial charge >= 0.3 is 0 Å². The van der Waals surface area contributed by atoms with E-state index in [0.717, 1.165) is 35.7 Å². The van der Waals surface area contributed by atoms with Gasteiger partial charge in [0, 0.05) is 19.1 Å². The van der Waals surface area contributed by atoms with Crippen LogP contribution in [0.4, 0.5) is 5.69 Å². The Bertz CT molecular complexity index is 386. The highest BCUT2D eigenvalue weighted by Gasteiger charge is 2.19. The molecule has 1 aromatic carbocycles. The lowest BCUT2D eigenvalue weighted by molar-refractivity contribution is 0.507. The molecule has 0 amide bonds. The molecular weight excluding hydrogens is 256 g/mol. The molecule has 0 heterocycles. The molecule has 2 nitrogen and oxygen atoms in total. The second-order valence-corrected chi connectivity index (χ2v) is 5.91. The quantitative estimate of drug-likeness (QED) is 0.800. The van der Waals surface area contributed by atoms with Crippen LogP contribution in [0.25, 0.3) is 0 Å². The van der Waals surface area contributed by atoms with Gasteiger partial charge in [0.05, 0.1) is 10.7 Å². The zero-order chi connectivity index (χ0) is 14.4. The maximum Gasteiger partial charge on any atom is 0.0642 e. The first-order chi connectivity index (χ1) is 9.03. The van der Waals surface area contributed by atoms with Crippen LogP contribution in [0.5, 0.6) is 0 Å². The molecule has 0 radical (unpaired) electrons. The van der Waals surface area contributed by atoms with Crippen LogP contribution < -0.4 is 10.6 Å². The van der Waals surface area contributed by atoms with Gasteiger partial charge in [0.2, 0.25) is 0 Å². The van der Waals surface area contributed by atoms with Crippen LogP contribution >= 0.6 is 11.6 Å². The summed E-state index contributed by atoms with van der Waals surface area (Å²) in [4.78, 5) is 2.45. The number of benzene rings is 1. The molecule has 0 aliphatic rings. The molecule has 1 aromatic rings. The molecule has 108 valence electrons. The summed E-state index contributed by atoms with van der Waals surface area (Å²) in [5, 5.41) is 0.815. The van der Waals surface area contributed by atoms with Gasteiger partial charge in [-0.1, -0.05) is 45.4 Å². The van der Waals surface area contributed by atoms with Crippen LogP contribution in [0.2, 0.25) is 5.02 Å². The molecule has 19 heavy (non-hydrogen) atoms. The number of hydrogen-bond donors (Lipinski definition) is 1. The van der Waals surface area contributed by atoms with Gasteiger partial charge < -0.3 is 10.6 Å². The molecule has 0 aliphatic heterocycles. The van der Waals surface area contributed by atoms with Crippen molar-refractivity contribution < 1.29 is 0 Å². The monoisotopic (exact) mass is 282 g/mol. The topological polar surface area (TPSA) is 29.3 Å². The average molecular weight is 283 g/mol. The largest absolute Gasteiger partial charge is 0.367 e. The van der Waals surface area contributed by atoms with Crippen LogP contribution in [0.3, 0.4) is 0 Å². The fourth-order valence-electron chi connectivity index (χ4n) is 2.48. The lowest BCUT2D eigenvalue weighted by atomic mass is 10.1. The van der Waals surface area contributed by atoms with E-state index in [2.05, 4.69) is 44.7 Å². The highest BCUT2D eigenvalue weighted by atomic mass is 35.5. The number of nitrogens with zero attached hydrogens (tertiary/aromatic N) is 1. The lowest BCUT2D eigenvalue weighted by Gasteiger charge is -2.35. The summed E-state index contributed by atoms with van der Waals surface area (Å²) >= 11 is 6.45. The maximum absolute atomic E-state index is 6.45. The molecular formula is C16H27ClN2. The Labute approximate surface area is 122 Å². The van der Waals surface area contributed by atoms with Crippen molar-refractivity contribution >= 4 is 17.3 Å². The van der Waals surface area contributed by atoms with Crippen molar-refractivity contribution in [1.82, 2.24) is 0 Å². The van der Waals surface area contributed by atoms with E-state index in [1.807, 2.05) is 6.07 Å². The Balaban J connectivity index is 3.09. The van der Waals surface area contributed by atoms with Gasteiger partial charge in [-0.15, -0.1) is 0 Å². The van der Waals surface area contributed by atoms with Gasteiger partial charge in [0.1, 0.15) is 0 Å². The maximum atomic E-state index is 6.45.